The van der Waals surface area contributed by atoms with Crippen molar-refractivity contribution in [3.8, 4) is 5.75 Å². The molecule has 0 aliphatic heterocycles. The van der Waals surface area contributed by atoms with Crippen LogP contribution in [-0.2, 0) is 9.53 Å². The summed E-state index contributed by atoms with van der Waals surface area (Å²) in [6.45, 7) is 3.89. The maximum Gasteiger partial charge on any atom is 0.328 e. The van der Waals surface area contributed by atoms with Gasteiger partial charge in [0.05, 0.1) is 12.7 Å². The minimum atomic E-state index is -0.711. The van der Waals surface area contributed by atoms with Crippen molar-refractivity contribution in [2.75, 3.05) is 7.11 Å². The molecule has 19 heavy (non-hydrogen) atoms. The van der Waals surface area contributed by atoms with E-state index in [1.54, 1.807) is 12.1 Å². The highest BCUT2D eigenvalue weighted by atomic mass is 16.5. The van der Waals surface area contributed by atoms with E-state index in [4.69, 9.17) is 0 Å². The number of hydrogen-bond acceptors (Lipinski definition) is 4. The van der Waals surface area contributed by atoms with E-state index in [1.807, 2.05) is 13.8 Å². The van der Waals surface area contributed by atoms with E-state index >= 15 is 0 Å². The molecule has 0 bridgehead atoms. The van der Waals surface area contributed by atoms with Gasteiger partial charge < -0.3 is 15.2 Å². The monoisotopic (exact) mass is 265 g/mol. The van der Waals surface area contributed by atoms with E-state index in [0.717, 1.165) is 0 Å². The summed E-state index contributed by atoms with van der Waals surface area (Å²) < 4.78 is 4.66. The van der Waals surface area contributed by atoms with Crippen molar-refractivity contribution in [3.63, 3.8) is 0 Å². The molecule has 5 heteroatoms. The first-order valence-corrected chi connectivity index (χ1v) is 6.12. The molecule has 0 heterocycles. The van der Waals surface area contributed by atoms with Crippen LogP contribution in [0.4, 0.5) is 0 Å². The Hall–Kier alpha value is -2.04. The average Bonchev–Trinajstić information content (AvgIpc) is 2.36. The van der Waals surface area contributed by atoms with E-state index in [2.05, 4.69) is 10.1 Å². The zero-order chi connectivity index (χ0) is 14.4. The van der Waals surface area contributed by atoms with Crippen molar-refractivity contribution in [2.24, 2.45) is 5.92 Å². The van der Waals surface area contributed by atoms with Gasteiger partial charge in [-0.3, -0.25) is 4.79 Å². The highest BCUT2D eigenvalue weighted by molar-refractivity contribution is 5.98. The van der Waals surface area contributed by atoms with Gasteiger partial charge in [-0.05, 0) is 24.5 Å². The van der Waals surface area contributed by atoms with Crippen molar-refractivity contribution in [1.29, 1.82) is 0 Å². The lowest BCUT2D eigenvalue weighted by atomic mass is 10.0. The maximum absolute atomic E-state index is 12.0. The lowest BCUT2D eigenvalue weighted by Crippen LogP contribution is -2.42. The number of aromatic hydroxyl groups is 1. The molecule has 0 radical (unpaired) electrons. The third-order valence-corrected chi connectivity index (χ3v) is 2.65. The molecule has 1 aromatic carbocycles. The molecule has 1 rings (SSSR count). The Morgan fingerprint density at radius 2 is 1.95 bits per heavy atom. The van der Waals surface area contributed by atoms with Gasteiger partial charge in [-0.15, -0.1) is 0 Å². The Bertz CT molecular complexity index is 457. The van der Waals surface area contributed by atoms with Crippen molar-refractivity contribution in [1.82, 2.24) is 5.32 Å². The number of benzene rings is 1. The Kier molecular flexibility index (Phi) is 5.36. The first-order chi connectivity index (χ1) is 8.95. The van der Waals surface area contributed by atoms with Gasteiger partial charge in [0.15, 0.2) is 0 Å². The second-order valence-electron chi connectivity index (χ2n) is 4.70. The summed E-state index contributed by atoms with van der Waals surface area (Å²) in [5, 5.41) is 12.2. The summed E-state index contributed by atoms with van der Waals surface area (Å²) in [7, 11) is 1.28. The first kappa shape index (κ1) is 15.0. The van der Waals surface area contributed by atoms with Crippen LogP contribution < -0.4 is 5.32 Å². The topological polar surface area (TPSA) is 75.6 Å². The SMILES string of the molecule is COC(=O)C(CC(C)C)NC(=O)c1ccccc1O. The van der Waals surface area contributed by atoms with Crippen LogP contribution in [0.15, 0.2) is 24.3 Å². The van der Waals surface area contributed by atoms with Gasteiger partial charge >= 0.3 is 5.97 Å². The fraction of sp³-hybridized carbons (Fsp3) is 0.429. The Balaban J connectivity index is 2.82. The second-order valence-corrected chi connectivity index (χ2v) is 4.70. The molecule has 0 saturated carbocycles. The normalized spacial score (nSPS) is 12.0. The lowest BCUT2D eigenvalue weighted by molar-refractivity contribution is -0.143. The maximum atomic E-state index is 12.0. The summed E-state index contributed by atoms with van der Waals surface area (Å²) in [5.41, 5.74) is 0.139. The number of carbonyl (C=O) groups is 2. The molecular weight excluding hydrogens is 246 g/mol. The number of ether oxygens (including phenoxy) is 1. The van der Waals surface area contributed by atoms with Gasteiger partial charge in [0.2, 0.25) is 0 Å². The van der Waals surface area contributed by atoms with Crippen molar-refractivity contribution < 1.29 is 19.4 Å². The Morgan fingerprint density at radius 3 is 2.47 bits per heavy atom. The molecule has 2 N–H and O–H groups in total. The summed E-state index contributed by atoms with van der Waals surface area (Å²) >= 11 is 0. The molecule has 0 aliphatic rings. The fourth-order valence-electron chi connectivity index (χ4n) is 1.73. The van der Waals surface area contributed by atoms with E-state index in [9.17, 15) is 14.7 Å². The zero-order valence-corrected chi connectivity index (χ0v) is 11.3. The molecular formula is C14H19NO4. The largest absolute Gasteiger partial charge is 0.507 e. The molecule has 0 aromatic heterocycles. The van der Waals surface area contributed by atoms with Crippen LogP contribution in [0, 0.1) is 5.92 Å². The van der Waals surface area contributed by atoms with Crippen LogP contribution in [0.1, 0.15) is 30.6 Å². The number of rotatable bonds is 5. The van der Waals surface area contributed by atoms with Crippen LogP contribution in [0.3, 0.4) is 0 Å². The van der Waals surface area contributed by atoms with Crippen molar-refractivity contribution in [3.05, 3.63) is 29.8 Å². The highest BCUT2D eigenvalue weighted by Crippen LogP contribution is 2.16. The van der Waals surface area contributed by atoms with Crippen molar-refractivity contribution >= 4 is 11.9 Å². The second kappa shape index (κ2) is 6.78. The number of amides is 1. The number of phenolic OH excluding ortho intramolecular Hbond substituents is 1. The summed E-state index contributed by atoms with van der Waals surface area (Å²) in [5.74, 6) is -0.867. The van der Waals surface area contributed by atoms with Gasteiger partial charge in [0, 0.05) is 0 Å². The smallest absolute Gasteiger partial charge is 0.328 e. The van der Waals surface area contributed by atoms with E-state index in [1.165, 1.54) is 19.2 Å². The molecule has 5 nitrogen and oxygen atoms in total. The number of phenols is 1. The number of para-hydroxylation sites is 1. The van der Waals surface area contributed by atoms with Crippen LogP contribution in [0.25, 0.3) is 0 Å². The number of carbonyl (C=O) groups excluding carboxylic acids is 2. The highest BCUT2D eigenvalue weighted by Gasteiger charge is 2.23. The van der Waals surface area contributed by atoms with E-state index in [0.29, 0.717) is 6.42 Å². The van der Waals surface area contributed by atoms with Gasteiger partial charge in [0.1, 0.15) is 11.8 Å². The molecule has 1 amide bonds. The summed E-state index contributed by atoms with van der Waals surface area (Å²) in [4.78, 5) is 23.6. The summed E-state index contributed by atoms with van der Waals surface area (Å²) in [6.07, 6.45) is 0.478. The predicted octanol–water partition coefficient (Wildman–Crippen LogP) is 1.71. The number of esters is 1. The van der Waals surface area contributed by atoms with Crippen LogP contribution in [0.2, 0.25) is 0 Å². The Labute approximate surface area is 112 Å². The third kappa shape index (κ3) is 4.28. The molecule has 1 unspecified atom stereocenters. The Morgan fingerprint density at radius 1 is 1.32 bits per heavy atom. The minimum Gasteiger partial charge on any atom is -0.507 e. The number of hydrogen-bond donors (Lipinski definition) is 2. The van der Waals surface area contributed by atoms with Gasteiger partial charge in [-0.2, -0.15) is 0 Å². The standard InChI is InChI=1S/C14H19NO4/c1-9(2)8-11(14(18)19-3)15-13(17)10-6-4-5-7-12(10)16/h4-7,9,11,16H,8H2,1-3H3,(H,15,17). The number of nitrogens with one attached hydrogen (secondary N) is 1. The van der Waals surface area contributed by atoms with E-state index < -0.39 is 17.9 Å². The molecule has 104 valence electrons. The molecule has 1 aromatic rings. The van der Waals surface area contributed by atoms with Crippen molar-refractivity contribution in [2.45, 2.75) is 26.3 Å². The van der Waals surface area contributed by atoms with Gasteiger partial charge in [-0.25, -0.2) is 4.79 Å². The molecule has 0 aliphatic carbocycles. The van der Waals surface area contributed by atoms with Gasteiger partial charge in [-0.1, -0.05) is 26.0 Å². The number of methoxy groups -OCH3 is 1. The zero-order valence-electron chi connectivity index (χ0n) is 11.3. The first-order valence-electron chi connectivity index (χ1n) is 6.12. The summed E-state index contributed by atoms with van der Waals surface area (Å²) in [6, 6.07) is 5.47. The van der Waals surface area contributed by atoms with Crippen LogP contribution in [0.5, 0.6) is 5.75 Å². The molecule has 1 atom stereocenters. The van der Waals surface area contributed by atoms with E-state index in [-0.39, 0.29) is 17.2 Å². The molecule has 0 fully saturated rings. The fourth-order valence-corrected chi connectivity index (χ4v) is 1.73. The molecule has 0 saturated heterocycles. The molecule has 0 spiro atoms. The van der Waals surface area contributed by atoms with Crippen LogP contribution >= 0.6 is 0 Å². The average molecular weight is 265 g/mol. The minimum absolute atomic E-state index is 0.117. The predicted molar refractivity (Wildman–Crippen MR) is 70.8 cm³/mol. The van der Waals surface area contributed by atoms with Crippen LogP contribution in [-0.4, -0.2) is 30.1 Å². The lowest BCUT2D eigenvalue weighted by Gasteiger charge is -2.18. The quantitative estimate of drug-likeness (QED) is 0.795. The van der Waals surface area contributed by atoms with Gasteiger partial charge in [0.25, 0.3) is 5.91 Å². The third-order valence-electron chi connectivity index (χ3n) is 2.65.